The number of aromatic nitrogens is 2. The highest BCUT2D eigenvalue weighted by Crippen LogP contribution is 2.26. The zero-order chi connectivity index (χ0) is 17.8. The summed E-state index contributed by atoms with van der Waals surface area (Å²) in [7, 11) is 0. The molecule has 1 aromatic carbocycles. The lowest BCUT2D eigenvalue weighted by Gasteiger charge is -2.32. The predicted molar refractivity (Wildman–Crippen MR) is 96.9 cm³/mol. The van der Waals surface area contributed by atoms with Crippen molar-refractivity contribution in [3.8, 4) is 0 Å². The van der Waals surface area contributed by atoms with Gasteiger partial charge < -0.3 is 14.8 Å². The van der Waals surface area contributed by atoms with E-state index in [-0.39, 0.29) is 17.7 Å². The lowest BCUT2D eigenvalue weighted by Crippen LogP contribution is -2.42. The minimum Gasteiger partial charge on any atom is -0.335 e. The molecule has 0 aliphatic carbocycles. The number of piperidine rings is 1. The number of Topliss-reactive ketones (excluding diaryl/α,β-unsaturated/α-hetero) is 1. The smallest absolute Gasteiger partial charge is 0.321 e. The van der Waals surface area contributed by atoms with E-state index < -0.39 is 0 Å². The number of carbonyl (C=O) groups excluding carboxylic acids is 2. The molecule has 1 aromatic heterocycles. The van der Waals surface area contributed by atoms with Crippen LogP contribution in [0.5, 0.6) is 0 Å². The summed E-state index contributed by atoms with van der Waals surface area (Å²) in [6.07, 6.45) is 5.84. The standard InChI is InChI=1S/C19H24N4O2/c1-3-22-12-10-20-18(22)16-5-4-11-23(13-16)19(25)21-17-8-6-15(7-9-17)14(2)24/h6-10,12,16H,3-5,11,13H2,1-2H3,(H,21,25). The third-order valence-corrected chi connectivity index (χ3v) is 4.70. The van der Waals surface area contributed by atoms with Crippen molar-refractivity contribution in [3.63, 3.8) is 0 Å². The van der Waals surface area contributed by atoms with Crippen LogP contribution in [0.1, 0.15) is 48.8 Å². The highest BCUT2D eigenvalue weighted by atomic mass is 16.2. The van der Waals surface area contributed by atoms with Gasteiger partial charge in [0.2, 0.25) is 0 Å². The number of likely N-dealkylation sites (tertiary alicyclic amines) is 1. The SMILES string of the molecule is CCn1ccnc1C1CCCN(C(=O)Nc2ccc(C(C)=O)cc2)C1. The minimum atomic E-state index is -0.102. The minimum absolute atomic E-state index is 0.0168. The molecule has 1 fully saturated rings. The van der Waals surface area contributed by atoms with E-state index in [4.69, 9.17) is 0 Å². The van der Waals surface area contributed by atoms with Crippen LogP contribution in [0.2, 0.25) is 0 Å². The Morgan fingerprint density at radius 3 is 2.72 bits per heavy atom. The summed E-state index contributed by atoms with van der Waals surface area (Å²) in [5.74, 6) is 1.35. The molecular formula is C19H24N4O2. The van der Waals surface area contributed by atoms with Gasteiger partial charge in [-0.15, -0.1) is 0 Å². The molecule has 3 rings (SSSR count). The van der Waals surface area contributed by atoms with E-state index in [1.807, 2.05) is 17.3 Å². The highest BCUT2D eigenvalue weighted by Gasteiger charge is 2.27. The van der Waals surface area contributed by atoms with Crippen molar-refractivity contribution in [2.75, 3.05) is 18.4 Å². The molecule has 0 saturated carbocycles. The number of urea groups is 1. The number of anilines is 1. The predicted octanol–water partition coefficient (Wildman–Crippen LogP) is 3.52. The van der Waals surface area contributed by atoms with E-state index in [0.717, 1.165) is 31.8 Å². The molecule has 1 saturated heterocycles. The maximum Gasteiger partial charge on any atom is 0.321 e. The summed E-state index contributed by atoms with van der Waals surface area (Å²) in [4.78, 5) is 30.2. The van der Waals surface area contributed by atoms with Gasteiger partial charge in [0.1, 0.15) is 5.82 Å². The quantitative estimate of drug-likeness (QED) is 0.866. The van der Waals surface area contributed by atoms with Gasteiger partial charge >= 0.3 is 6.03 Å². The molecule has 25 heavy (non-hydrogen) atoms. The first-order valence-electron chi connectivity index (χ1n) is 8.76. The van der Waals surface area contributed by atoms with Crippen molar-refractivity contribution in [1.82, 2.24) is 14.5 Å². The van der Waals surface area contributed by atoms with Gasteiger partial charge in [-0.1, -0.05) is 0 Å². The Balaban J connectivity index is 1.64. The van der Waals surface area contributed by atoms with Gasteiger partial charge in [-0.05, 0) is 51.0 Å². The number of benzene rings is 1. The Kier molecular flexibility index (Phi) is 5.16. The molecule has 6 nitrogen and oxygen atoms in total. The van der Waals surface area contributed by atoms with Crippen molar-refractivity contribution in [2.24, 2.45) is 0 Å². The second kappa shape index (κ2) is 7.51. The number of hydrogen-bond acceptors (Lipinski definition) is 3. The van der Waals surface area contributed by atoms with Crippen LogP contribution >= 0.6 is 0 Å². The van der Waals surface area contributed by atoms with Gasteiger partial charge in [0.05, 0.1) is 0 Å². The first-order valence-corrected chi connectivity index (χ1v) is 8.76. The average molecular weight is 340 g/mol. The molecule has 2 heterocycles. The number of carbonyl (C=O) groups is 2. The number of nitrogens with zero attached hydrogens (tertiary/aromatic N) is 3. The van der Waals surface area contributed by atoms with Gasteiger partial charge in [-0.3, -0.25) is 4.79 Å². The summed E-state index contributed by atoms with van der Waals surface area (Å²) in [6.45, 7) is 5.94. The molecule has 1 aliphatic rings. The molecule has 1 unspecified atom stereocenters. The normalized spacial score (nSPS) is 17.4. The lowest BCUT2D eigenvalue weighted by molar-refractivity contribution is 0.101. The molecule has 132 valence electrons. The zero-order valence-corrected chi connectivity index (χ0v) is 14.7. The monoisotopic (exact) mass is 340 g/mol. The summed E-state index contributed by atoms with van der Waals surface area (Å²) in [5, 5.41) is 2.92. The zero-order valence-electron chi connectivity index (χ0n) is 14.7. The number of nitrogens with one attached hydrogen (secondary N) is 1. The van der Waals surface area contributed by atoms with Crippen molar-refractivity contribution in [3.05, 3.63) is 48.0 Å². The van der Waals surface area contributed by atoms with Crippen LogP contribution in [-0.4, -0.2) is 39.4 Å². The van der Waals surface area contributed by atoms with Crippen LogP contribution < -0.4 is 5.32 Å². The topological polar surface area (TPSA) is 67.2 Å². The number of hydrogen-bond donors (Lipinski definition) is 1. The first kappa shape index (κ1) is 17.2. The van der Waals surface area contributed by atoms with Crippen molar-refractivity contribution < 1.29 is 9.59 Å². The summed E-state index contributed by atoms with van der Waals surface area (Å²) in [5.41, 5.74) is 1.34. The number of rotatable bonds is 4. The number of imidazole rings is 1. The second-order valence-electron chi connectivity index (χ2n) is 6.42. The first-order chi connectivity index (χ1) is 12.1. The van der Waals surface area contributed by atoms with Crippen LogP contribution in [0.25, 0.3) is 0 Å². The van der Waals surface area contributed by atoms with Crippen LogP contribution in [0.15, 0.2) is 36.7 Å². The third-order valence-electron chi connectivity index (χ3n) is 4.70. The van der Waals surface area contributed by atoms with Crippen LogP contribution in [-0.2, 0) is 6.54 Å². The van der Waals surface area contributed by atoms with Crippen LogP contribution in [0.3, 0.4) is 0 Å². The maximum atomic E-state index is 12.6. The molecule has 2 amide bonds. The number of amides is 2. The van der Waals surface area contributed by atoms with Crippen molar-refractivity contribution >= 4 is 17.5 Å². The molecule has 0 radical (unpaired) electrons. The summed E-state index contributed by atoms with van der Waals surface area (Å²) >= 11 is 0. The summed E-state index contributed by atoms with van der Waals surface area (Å²) < 4.78 is 2.15. The second-order valence-corrected chi connectivity index (χ2v) is 6.42. The lowest BCUT2D eigenvalue weighted by atomic mass is 9.97. The Bertz CT molecular complexity index is 751. The Labute approximate surface area is 147 Å². The fraction of sp³-hybridized carbons (Fsp3) is 0.421. The molecule has 0 spiro atoms. The number of aryl methyl sites for hydroxylation is 1. The fourth-order valence-electron chi connectivity index (χ4n) is 3.31. The fourth-order valence-corrected chi connectivity index (χ4v) is 3.31. The average Bonchev–Trinajstić information content (AvgIpc) is 3.11. The molecule has 6 heteroatoms. The Morgan fingerprint density at radius 1 is 1.28 bits per heavy atom. The highest BCUT2D eigenvalue weighted by molar-refractivity contribution is 5.95. The number of ketones is 1. The van der Waals surface area contributed by atoms with Crippen LogP contribution in [0, 0.1) is 0 Å². The molecule has 1 aliphatic heterocycles. The largest absolute Gasteiger partial charge is 0.335 e. The van der Waals surface area contributed by atoms with E-state index in [9.17, 15) is 9.59 Å². The van der Waals surface area contributed by atoms with Crippen molar-refractivity contribution in [1.29, 1.82) is 0 Å². The molecule has 1 N–H and O–H groups in total. The Morgan fingerprint density at radius 2 is 2.04 bits per heavy atom. The van der Waals surface area contributed by atoms with E-state index in [2.05, 4.69) is 21.8 Å². The molecular weight excluding hydrogens is 316 g/mol. The van der Waals surface area contributed by atoms with Gasteiger partial charge in [0.15, 0.2) is 5.78 Å². The molecule has 1 atom stereocenters. The Hall–Kier alpha value is -2.63. The van der Waals surface area contributed by atoms with Crippen LogP contribution in [0.4, 0.5) is 10.5 Å². The van der Waals surface area contributed by atoms with E-state index in [0.29, 0.717) is 17.8 Å². The maximum absolute atomic E-state index is 12.6. The van der Waals surface area contributed by atoms with E-state index in [1.54, 1.807) is 24.3 Å². The van der Waals surface area contributed by atoms with Gasteiger partial charge in [-0.25, -0.2) is 9.78 Å². The third kappa shape index (κ3) is 3.90. The van der Waals surface area contributed by atoms with Gasteiger partial charge in [0.25, 0.3) is 0 Å². The summed E-state index contributed by atoms with van der Waals surface area (Å²) in [6, 6.07) is 6.89. The molecule has 0 bridgehead atoms. The van der Waals surface area contributed by atoms with E-state index in [1.165, 1.54) is 6.92 Å². The van der Waals surface area contributed by atoms with Gasteiger partial charge in [-0.2, -0.15) is 0 Å². The van der Waals surface area contributed by atoms with Gasteiger partial charge in [0, 0.05) is 49.2 Å². The van der Waals surface area contributed by atoms with E-state index >= 15 is 0 Å². The molecule has 2 aromatic rings. The van der Waals surface area contributed by atoms with Crippen molar-refractivity contribution in [2.45, 2.75) is 39.2 Å².